The summed E-state index contributed by atoms with van der Waals surface area (Å²) in [6.45, 7) is 6.80. The quantitative estimate of drug-likeness (QED) is 0.566. The number of hydrogen-bond acceptors (Lipinski definition) is 8. The fraction of sp³-hybridized carbons (Fsp3) is 0.455. The highest BCUT2D eigenvalue weighted by Crippen LogP contribution is 2.28. The number of para-hydroxylation sites is 1. The van der Waals surface area contributed by atoms with Crippen LogP contribution >= 0.6 is 0 Å². The molecule has 10 nitrogen and oxygen atoms in total. The number of ether oxygens (including phenoxy) is 3. The van der Waals surface area contributed by atoms with E-state index >= 15 is 0 Å². The molecule has 0 unspecified atom stereocenters. The number of anilines is 1. The Morgan fingerprint density at radius 2 is 2.00 bits per heavy atom. The summed E-state index contributed by atoms with van der Waals surface area (Å²) in [5.41, 5.74) is 1.82. The minimum absolute atomic E-state index is 0.324. The molecule has 1 N–H and O–H groups in total. The Hall–Kier alpha value is -3.08. The van der Waals surface area contributed by atoms with Gasteiger partial charge in [-0.15, -0.1) is 0 Å². The number of nitrogens with zero attached hydrogens (tertiary/aromatic N) is 5. The number of methoxy groups -OCH3 is 2. The van der Waals surface area contributed by atoms with E-state index in [4.69, 9.17) is 14.2 Å². The molecule has 1 amide bonds. The normalized spacial score (nSPS) is 14.6. The van der Waals surface area contributed by atoms with E-state index in [2.05, 4.69) is 25.3 Å². The molecule has 1 saturated heterocycles. The van der Waals surface area contributed by atoms with Crippen LogP contribution in [0, 0.1) is 6.92 Å². The number of benzene rings is 1. The van der Waals surface area contributed by atoms with Gasteiger partial charge in [0.15, 0.2) is 5.69 Å². The Kier molecular flexibility index (Phi) is 6.93. The molecule has 0 atom stereocenters. The molecule has 0 radical (unpaired) electrons. The number of nitrogens with one attached hydrogen (secondary N) is 1. The molecule has 0 aliphatic carbocycles. The number of amides is 1. The summed E-state index contributed by atoms with van der Waals surface area (Å²) < 4.78 is 18.0. The van der Waals surface area contributed by atoms with Crippen LogP contribution in [0.5, 0.6) is 5.75 Å². The van der Waals surface area contributed by atoms with Crippen LogP contribution in [0.4, 0.5) is 5.82 Å². The second-order valence-corrected chi connectivity index (χ2v) is 7.56. The van der Waals surface area contributed by atoms with Crippen molar-refractivity contribution in [3.63, 3.8) is 0 Å². The largest absolute Gasteiger partial charge is 0.494 e. The van der Waals surface area contributed by atoms with Crippen molar-refractivity contribution in [3.8, 4) is 5.75 Å². The Labute approximate surface area is 186 Å². The lowest BCUT2D eigenvalue weighted by Gasteiger charge is -2.26. The minimum Gasteiger partial charge on any atom is -0.494 e. The van der Waals surface area contributed by atoms with Gasteiger partial charge in [-0.25, -0.2) is 9.97 Å². The molecule has 0 spiro atoms. The minimum atomic E-state index is -0.338. The van der Waals surface area contributed by atoms with Crippen LogP contribution in [0.3, 0.4) is 0 Å². The highest BCUT2D eigenvalue weighted by Gasteiger charge is 2.21. The average Bonchev–Trinajstić information content (AvgIpc) is 3.17. The Bertz CT molecular complexity index is 1090. The molecule has 1 aliphatic rings. The van der Waals surface area contributed by atoms with Gasteiger partial charge in [-0.05, 0) is 13.0 Å². The molecule has 1 aromatic carbocycles. The van der Waals surface area contributed by atoms with E-state index in [1.54, 1.807) is 27.2 Å². The zero-order chi connectivity index (χ0) is 22.5. The van der Waals surface area contributed by atoms with Crippen LogP contribution in [0.25, 0.3) is 10.9 Å². The maximum absolute atomic E-state index is 13.2. The van der Waals surface area contributed by atoms with Crippen molar-refractivity contribution in [2.75, 3.05) is 52.4 Å². The smallest absolute Gasteiger partial charge is 0.277 e. The fourth-order valence-electron chi connectivity index (χ4n) is 3.85. The maximum Gasteiger partial charge on any atom is 0.277 e. The lowest BCUT2D eigenvalue weighted by Crippen LogP contribution is -2.38. The Morgan fingerprint density at radius 1 is 1.19 bits per heavy atom. The Morgan fingerprint density at radius 3 is 2.75 bits per heavy atom. The van der Waals surface area contributed by atoms with Crippen molar-refractivity contribution in [3.05, 3.63) is 41.5 Å². The summed E-state index contributed by atoms with van der Waals surface area (Å²) in [7, 11) is 3.22. The van der Waals surface area contributed by atoms with Gasteiger partial charge in [-0.1, -0.05) is 12.1 Å². The predicted molar refractivity (Wildman–Crippen MR) is 119 cm³/mol. The summed E-state index contributed by atoms with van der Waals surface area (Å²) >= 11 is 0. The molecule has 0 saturated carbocycles. The predicted octanol–water partition coefficient (Wildman–Crippen LogP) is 1.87. The van der Waals surface area contributed by atoms with Crippen LogP contribution < -0.4 is 10.1 Å². The van der Waals surface area contributed by atoms with Gasteiger partial charge in [-0.3, -0.25) is 14.4 Å². The summed E-state index contributed by atoms with van der Waals surface area (Å²) in [6, 6.07) is 7.32. The number of carbonyl (C=O) groups is 1. The maximum atomic E-state index is 13.2. The number of carbonyl (C=O) groups excluding carboxylic acids is 1. The number of aromatic nitrogens is 4. The van der Waals surface area contributed by atoms with Crippen LogP contribution in [-0.2, 0) is 22.6 Å². The lowest BCUT2D eigenvalue weighted by molar-refractivity contribution is 0.0361. The molecule has 10 heteroatoms. The lowest BCUT2D eigenvalue weighted by atomic mass is 10.2. The van der Waals surface area contributed by atoms with E-state index in [0.717, 1.165) is 43.8 Å². The summed E-state index contributed by atoms with van der Waals surface area (Å²) in [5, 5.41) is 8.24. The molecule has 170 valence electrons. The zero-order valence-corrected chi connectivity index (χ0v) is 18.6. The molecule has 1 fully saturated rings. The van der Waals surface area contributed by atoms with Crippen LogP contribution in [0.2, 0.25) is 0 Å². The first-order valence-electron chi connectivity index (χ1n) is 10.6. The third-order valence-electron chi connectivity index (χ3n) is 5.32. The molecule has 2 aromatic heterocycles. The zero-order valence-electron chi connectivity index (χ0n) is 18.6. The number of aryl methyl sites for hydroxylation is 1. The van der Waals surface area contributed by atoms with Gasteiger partial charge in [-0.2, -0.15) is 5.10 Å². The number of rotatable bonds is 8. The average molecular weight is 441 g/mol. The highest BCUT2D eigenvalue weighted by atomic mass is 16.5. The van der Waals surface area contributed by atoms with Gasteiger partial charge in [0.05, 0.1) is 39.2 Å². The van der Waals surface area contributed by atoms with Gasteiger partial charge in [0.25, 0.3) is 5.91 Å². The second-order valence-electron chi connectivity index (χ2n) is 7.56. The Balaban J connectivity index is 1.62. The van der Waals surface area contributed by atoms with Crippen molar-refractivity contribution in [2.24, 2.45) is 0 Å². The van der Waals surface area contributed by atoms with Crippen LogP contribution in [0.1, 0.15) is 22.0 Å². The standard InChI is InChI=1S/C22H28N6O4/c1-15-23-16(14-30-2)13-19(24-15)25-22(29)20-17-5-4-6-18(31-3)21(17)28(26-20)8-7-27-9-11-32-12-10-27/h4-6,13H,7-12,14H2,1-3H3,(H,23,24,25,29). The topological polar surface area (TPSA) is 104 Å². The van der Waals surface area contributed by atoms with Crippen molar-refractivity contribution in [2.45, 2.75) is 20.1 Å². The second kappa shape index (κ2) is 10.0. The fourth-order valence-corrected chi connectivity index (χ4v) is 3.85. The summed E-state index contributed by atoms with van der Waals surface area (Å²) in [6.07, 6.45) is 0. The van der Waals surface area contributed by atoms with Crippen molar-refractivity contribution in [1.82, 2.24) is 24.6 Å². The van der Waals surface area contributed by atoms with Crippen molar-refractivity contribution in [1.29, 1.82) is 0 Å². The highest BCUT2D eigenvalue weighted by molar-refractivity contribution is 6.11. The van der Waals surface area contributed by atoms with Gasteiger partial charge < -0.3 is 19.5 Å². The summed E-state index contributed by atoms with van der Waals surface area (Å²) in [5.74, 6) is 1.30. The van der Waals surface area contributed by atoms with Crippen molar-refractivity contribution >= 4 is 22.6 Å². The molecular formula is C22H28N6O4. The first-order valence-corrected chi connectivity index (χ1v) is 10.6. The van der Waals surface area contributed by atoms with E-state index in [-0.39, 0.29) is 5.91 Å². The monoisotopic (exact) mass is 440 g/mol. The van der Waals surface area contributed by atoms with Gasteiger partial charge >= 0.3 is 0 Å². The molecule has 0 bridgehead atoms. The summed E-state index contributed by atoms with van der Waals surface area (Å²) in [4.78, 5) is 24.1. The van der Waals surface area contributed by atoms with E-state index < -0.39 is 0 Å². The van der Waals surface area contributed by atoms with E-state index in [9.17, 15) is 4.79 Å². The molecule has 3 heterocycles. The first kappa shape index (κ1) is 22.1. The SMILES string of the molecule is COCc1cc(NC(=O)c2nn(CCN3CCOCC3)c3c(OC)cccc23)nc(C)n1. The van der Waals surface area contributed by atoms with E-state index in [0.29, 0.717) is 41.9 Å². The molecular weight excluding hydrogens is 412 g/mol. The van der Waals surface area contributed by atoms with E-state index in [1.807, 2.05) is 22.9 Å². The molecule has 32 heavy (non-hydrogen) atoms. The third kappa shape index (κ3) is 4.87. The van der Waals surface area contributed by atoms with Gasteiger partial charge in [0.2, 0.25) is 0 Å². The molecule has 3 aromatic rings. The molecule has 4 rings (SSSR count). The number of fused-ring (bicyclic) bond motifs is 1. The number of hydrogen-bond donors (Lipinski definition) is 1. The molecule has 1 aliphatic heterocycles. The first-order chi connectivity index (χ1) is 15.6. The van der Waals surface area contributed by atoms with Gasteiger partial charge in [0.1, 0.15) is 22.9 Å². The van der Waals surface area contributed by atoms with Gasteiger partial charge in [0, 0.05) is 38.2 Å². The van der Waals surface area contributed by atoms with Crippen LogP contribution in [0.15, 0.2) is 24.3 Å². The number of morpholine rings is 1. The van der Waals surface area contributed by atoms with E-state index in [1.165, 1.54) is 0 Å². The third-order valence-corrected chi connectivity index (χ3v) is 5.32. The van der Waals surface area contributed by atoms with Crippen LogP contribution in [-0.4, -0.2) is 77.6 Å². The van der Waals surface area contributed by atoms with Crippen molar-refractivity contribution < 1.29 is 19.0 Å².